The Balaban J connectivity index is 1.76. The zero-order chi connectivity index (χ0) is 14.1. The van der Waals surface area contributed by atoms with Crippen LogP contribution in [0.25, 0.3) is 0 Å². The van der Waals surface area contributed by atoms with Crippen molar-refractivity contribution in [1.29, 1.82) is 0 Å². The minimum atomic E-state index is -0.427. The number of halogens is 2. The lowest BCUT2D eigenvalue weighted by molar-refractivity contribution is 0.349. The first-order valence-electron chi connectivity index (χ1n) is 6.64. The molecule has 1 aliphatic carbocycles. The molecule has 0 bridgehead atoms. The third-order valence-corrected chi connectivity index (χ3v) is 3.98. The molecule has 1 saturated carbocycles. The van der Waals surface area contributed by atoms with Gasteiger partial charge in [-0.1, -0.05) is 28.9 Å². The van der Waals surface area contributed by atoms with Crippen LogP contribution in [-0.2, 0) is 6.42 Å². The van der Waals surface area contributed by atoms with Gasteiger partial charge in [0.2, 0.25) is 5.89 Å². The minimum Gasteiger partial charge on any atom is -0.339 e. The van der Waals surface area contributed by atoms with Gasteiger partial charge in [-0.25, -0.2) is 4.39 Å². The van der Waals surface area contributed by atoms with E-state index in [0.29, 0.717) is 17.3 Å². The molecule has 0 radical (unpaired) electrons. The molecule has 2 unspecified atom stereocenters. The van der Waals surface area contributed by atoms with Gasteiger partial charge in [0, 0.05) is 18.4 Å². The van der Waals surface area contributed by atoms with Crippen LogP contribution in [0.3, 0.4) is 0 Å². The van der Waals surface area contributed by atoms with Gasteiger partial charge in [-0.3, -0.25) is 0 Å². The third kappa shape index (κ3) is 2.69. The Labute approximate surface area is 121 Å². The fourth-order valence-electron chi connectivity index (χ4n) is 2.60. The van der Waals surface area contributed by atoms with Crippen molar-refractivity contribution in [2.75, 3.05) is 0 Å². The summed E-state index contributed by atoms with van der Waals surface area (Å²) in [6, 6.07) is 5.10. The molecular formula is C14H15ClFN3O. The molecule has 1 aromatic carbocycles. The van der Waals surface area contributed by atoms with Crippen LogP contribution in [0.1, 0.15) is 42.5 Å². The van der Waals surface area contributed by atoms with Crippen LogP contribution in [0, 0.1) is 5.82 Å². The summed E-state index contributed by atoms with van der Waals surface area (Å²) >= 11 is 5.75. The maximum atomic E-state index is 13.8. The second-order valence-corrected chi connectivity index (χ2v) is 5.62. The first-order chi connectivity index (χ1) is 9.63. The highest BCUT2D eigenvalue weighted by molar-refractivity contribution is 6.30. The zero-order valence-electron chi connectivity index (χ0n) is 10.9. The Morgan fingerprint density at radius 1 is 1.40 bits per heavy atom. The summed E-state index contributed by atoms with van der Waals surface area (Å²) in [5, 5.41) is 4.02. The molecule has 106 valence electrons. The van der Waals surface area contributed by atoms with Crippen LogP contribution in [0.5, 0.6) is 0 Å². The normalized spacial score (nSPS) is 22.4. The first-order valence-corrected chi connectivity index (χ1v) is 7.02. The minimum absolute atomic E-state index is 0.105. The topological polar surface area (TPSA) is 64.9 Å². The summed E-state index contributed by atoms with van der Waals surface area (Å²) in [5.41, 5.74) is 6.34. The monoisotopic (exact) mass is 295 g/mol. The molecule has 2 aromatic rings. The van der Waals surface area contributed by atoms with Crippen LogP contribution in [0.2, 0.25) is 5.02 Å². The molecule has 2 N–H and O–H groups in total. The summed E-state index contributed by atoms with van der Waals surface area (Å²) in [6.45, 7) is 0. The van der Waals surface area contributed by atoms with E-state index in [1.165, 1.54) is 6.07 Å². The van der Waals surface area contributed by atoms with E-state index >= 15 is 0 Å². The predicted molar refractivity (Wildman–Crippen MR) is 73.1 cm³/mol. The third-order valence-electron chi connectivity index (χ3n) is 3.69. The van der Waals surface area contributed by atoms with Gasteiger partial charge in [0.1, 0.15) is 5.82 Å². The molecule has 20 heavy (non-hydrogen) atoms. The summed E-state index contributed by atoms with van der Waals surface area (Å²) in [7, 11) is 0. The quantitative estimate of drug-likeness (QED) is 0.945. The lowest BCUT2D eigenvalue weighted by Crippen LogP contribution is -2.14. The van der Waals surface area contributed by atoms with E-state index < -0.39 is 5.82 Å². The van der Waals surface area contributed by atoms with Crippen molar-refractivity contribution in [3.63, 3.8) is 0 Å². The van der Waals surface area contributed by atoms with Crippen LogP contribution in [0.15, 0.2) is 22.7 Å². The van der Waals surface area contributed by atoms with E-state index in [1.807, 2.05) is 0 Å². The zero-order valence-corrected chi connectivity index (χ0v) is 11.6. The second kappa shape index (κ2) is 5.50. The van der Waals surface area contributed by atoms with Crippen LogP contribution in [-0.4, -0.2) is 16.2 Å². The highest BCUT2D eigenvalue weighted by atomic mass is 35.5. The SMILES string of the molecule is NC1CCC(c2nc(Cc3cccc(Cl)c3F)no2)C1. The Kier molecular flexibility index (Phi) is 3.72. The average Bonchev–Trinajstić information content (AvgIpc) is 3.04. The molecule has 0 amide bonds. The molecule has 1 fully saturated rings. The van der Waals surface area contributed by atoms with Crippen LogP contribution >= 0.6 is 11.6 Å². The van der Waals surface area contributed by atoms with Gasteiger partial charge in [-0.2, -0.15) is 4.98 Å². The molecule has 1 aromatic heterocycles. The van der Waals surface area contributed by atoms with Crippen molar-refractivity contribution in [2.45, 2.75) is 37.6 Å². The molecule has 0 aliphatic heterocycles. The van der Waals surface area contributed by atoms with Gasteiger partial charge >= 0.3 is 0 Å². The number of aromatic nitrogens is 2. The Hall–Kier alpha value is -1.46. The van der Waals surface area contributed by atoms with E-state index in [-0.39, 0.29) is 23.4 Å². The molecule has 1 aliphatic rings. The summed E-state index contributed by atoms with van der Waals surface area (Å²) in [6.07, 6.45) is 3.08. The number of nitrogens with zero attached hydrogens (tertiary/aromatic N) is 2. The number of benzene rings is 1. The standard InChI is InChI=1S/C14H15ClFN3O/c15-11-3-1-2-8(13(11)16)7-12-18-14(20-19-12)9-4-5-10(17)6-9/h1-3,9-10H,4-7,17H2. The lowest BCUT2D eigenvalue weighted by atomic mass is 10.1. The van der Waals surface area contributed by atoms with E-state index in [4.69, 9.17) is 21.9 Å². The Bertz CT molecular complexity index is 616. The lowest BCUT2D eigenvalue weighted by Gasteiger charge is -2.02. The van der Waals surface area contributed by atoms with E-state index in [2.05, 4.69) is 10.1 Å². The van der Waals surface area contributed by atoms with Crippen molar-refractivity contribution in [3.05, 3.63) is 46.3 Å². The largest absolute Gasteiger partial charge is 0.339 e. The molecular weight excluding hydrogens is 281 g/mol. The maximum Gasteiger partial charge on any atom is 0.229 e. The van der Waals surface area contributed by atoms with Gasteiger partial charge in [0.25, 0.3) is 0 Å². The Morgan fingerprint density at radius 2 is 2.25 bits per heavy atom. The molecule has 2 atom stereocenters. The predicted octanol–water partition coefficient (Wildman–Crippen LogP) is 3.05. The first kappa shape index (κ1) is 13.5. The smallest absolute Gasteiger partial charge is 0.229 e. The summed E-state index contributed by atoms with van der Waals surface area (Å²) in [4.78, 5) is 4.35. The van der Waals surface area contributed by atoms with Gasteiger partial charge in [0.05, 0.1) is 5.02 Å². The second-order valence-electron chi connectivity index (χ2n) is 5.21. The van der Waals surface area contributed by atoms with E-state index in [0.717, 1.165) is 19.3 Å². The van der Waals surface area contributed by atoms with Crippen molar-refractivity contribution in [2.24, 2.45) is 5.73 Å². The molecule has 4 nitrogen and oxygen atoms in total. The molecule has 3 rings (SSSR count). The average molecular weight is 296 g/mol. The van der Waals surface area contributed by atoms with Crippen molar-refractivity contribution >= 4 is 11.6 Å². The van der Waals surface area contributed by atoms with Gasteiger partial charge in [0.15, 0.2) is 5.82 Å². The maximum absolute atomic E-state index is 13.8. The fraction of sp³-hybridized carbons (Fsp3) is 0.429. The molecule has 0 saturated heterocycles. The van der Waals surface area contributed by atoms with E-state index in [1.54, 1.807) is 12.1 Å². The Morgan fingerprint density at radius 3 is 3.00 bits per heavy atom. The van der Waals surface area contributed by atoms with Crippen molar-refractivity contribution in [1.82, 2.24) is 10.1 Å². The highest BCUT2D eigenvalue weighted by Crippen LogP contribution is 2.32. The van der Waals surface area contributed by atoms with Gasteiger partial charge in [-0.05, 0) is 30.9 Å². The van der Waals surface area contributed by atoms with Gasteiger partial charge in [-0.15, -0.1) is 0 Å². The number of hydrogen-bond donors (Lipinski definition) is 1. The van der Waals surface area contributed by atoms with Crippen LogP contribution < -0.4 is 5.73 Å². The van der Waals surface area contributed by atoms with Gasteiger partial charge < -0.3 is 10.3 Å². The molecule has 0 spiro atoms. The van der Waals surface area contributed by atoms with Crippen molar-refractivity contribution in [3.8, 4) is 0 Å². The number of nitrogens with two attached hydrogens (primary N) is 1. The molecule has 6 heteroatoms. The summed E-state index contributed by atoms with van der Waals surface area (Å²) in [5.74, 6) is 0.885. The summed E-state index contributed by atoms with van der Waals surface area (Å²) < 4.78 is 19.1. The van der Waals surface area contributed by atoms with Crippen LogP contribution in [0.4, 0.5) is 4.39 Å². The van der Waals surface area contributed by atoms with E-state index in [9.17, 15) is 4.39 Å². The molecule has 1 heterocycles. The fourth-order valence-corrected chi connectivity index (χ4v) is 2.80. The van der Waals surface area contributed by atoms with Crippen molar-refractivity contribution < 1.29 is 8.91 Å². The number of rotatable bonds is 3. The number of hydrogen-bond acceptors (Lipinski definition) is 4. The highest BCUT2D eigenvalue weighted by Gasteiger charge is 2.27.